The SMILES string of the molecule is COCCn1cc(NC(=O)N[C@@H](C(=O)O)C(C)C)cn1. The Morgan fingerprint density at radius 3 is 2.75 bits per heavy atom. The summed E-state index contributed by atoms with van der Waals surface area (Å²) in [5.41, 5.74) is 0.492. The van der Waals surface area contributed by atoms with Gasteiger partial charge in [-0.15, -0.1) is 0 Å². The molecule has 112 valence electrons. The molecule has 0 unspecified atom stereocenters. The molecular weight excluding hydrogens is 264 g/mol. The first-order chi connectivity index (χ1) is 9.43. The Morgan fingerprint density at radius 1 is 1.50 bits per heavy atom. The number of carbonyl (C=O) groups excluding carboxylic acids is 1. The Hall–Kier alpha value is -2.09. The molecule has 2 amide bonds. The minimum atomic E-state index is -1.06. The van der Waals surface area contributed by atoms with Crippen LogP contribution in [0.2, 0.25) is 0 Å². The molecule has 1 rings (SSSR count). The van der Waals surface area contributed by atoms with E-state index in [-0.39, 0.29) is 5.92 Å². The molecule has 1 aromatic heterocycles. The normalized spacial score (nSPS) is 12.2. The number of carbonyl (C=O) groups is 2. The molecule has 0 radical (unpaired) electrons. The number of urea groups is 1. The van der Waals surface area contributed by atoms with E-state index < -0.39 is 18.0 Å². The van der Waals surface area contributed by atoms with Crippen molar-refractivity contribution in [2.24, 2.45) is 5.92 Å². The van der Waals surface area contributed by atoms with E-state index in [1.807, 2.05) is 0 Å². The Kier molecular flexibility index (Phi) is 5.98. The third kappa shape index (κ3) is 4.88. The number of ether oxygens (including phenoxy) is 1. The number of nitrogens with zero attached hydrogens (tertiary/aromatic N) is 2. The average Bonchev–Trinajstić information content (AvgIpc) is 2.80. The highest BCUT2D eigenvalue weighted by Crippen LogP contribution is 2.06. The molecule has 0 aliphatic heterocycles. The van der Waals surface area contributed by atoms with Gasteiger partial charge in [0, 0.05) is 13.3 Å². The van der Waals surface area contributed by atoms with Gasteiger partial charge in [0.15, 0.2) is 0 Å². The number of carboxylic acid groups (broad SMARTS) is 1. The van der Waals surface area contributed by atoms with Gasteiger partial charge in [0.2, 0.25) is 0 Å². The van der Waals surface area contributed by atoms with Crippen molar-refractivity contribution in [1.29, 1.82) is 0 Å². The van der Waals surface area contributed by atoms with E-state index in [0.717, 1.165) is 0 Å². The second-order valence-electron chi connectivity index (χ2n) is 4.64. The summed E-state index contributed by atoms with van der Waals surface area (Å²) in [5, 5.41) is 18.0. The maximum atomic E-state index is 11.7. The fraction of sp³-hybridized carbons (Fsp3) is 0.583. The van der Waals surface area contributed by atoms with Gasteiger partial charge in [0.05, 0.1) is 25.0 Å². The lowest BCUT2D eigenvalue weighted by atomic mass is 10.1. The first-order valence-corrected chi connectivity index (χ1v) is 6.25. The summed E-state index contributed by atoms with van der Waals surface area (Å²) in [7, 11) is 1.59. The van der Waals surface area contributed by atoms with E-state index in [0.29, 0.717) is 18.8 Å². The zero-order valence-electron chi connectivity index (χ0n) is 11.8. The highest BCUT2D eigenvalue weighted by atomic mass is 16.5. The van der Waals surface area contributed by atoms with Gasteiger partial charge in [0.1, 0.15) is 6.04 Å². The molecule has 0 aliphatic carbocycles. The Balaban J connectivity index is 2.53. The lowest BCUT2D eigenvalue weighted by Crippen LogP contribution is -2.46. The van der Waals surface area contributed by atoms with E-state index >= 15 is 0 Å². The molecule has 8 heteroatoms. The van der Waals surface area contributed by atoms with Gasteiger partial charge in [-0.1, -0.05) is 13.8 Å². The van der Waals surface area contributed by atoms with Crippen LogP contribution in [0.4, 0.5) is 10.5 Å². The predicted molar refractivity (Wildman–Crippen MR) is 72.5 cm³/mol. The zero-order chi connectivity index (χ0) is 15.1. The number of hydrogen-bond donors (Lipinski definition) is 3. The van der Waals surface area contributed by atoms with E-state index in [4.69, 9.17) is 9.84 Å². The Labute approximate surface area is 117 Å². The maximum Gasteiger partial charge on any atom is 0.326 e. The quantitative estimate of drug-likeness (QED) is 0.685. The van der Waals surface area contributed by atoms with E-state index in [1.165, 1.54) is 6.20 Å². The number of rotatable bonds is 7. The second-order valence-corrected chi connectivity index (χ2v) is 4.64. The summed E-state index contributed by atoms with van der Waals surface area (Å²) in [6.45, 7) is 4.54. The van der Waals surface area contributed by atoms with Gasteiger partial charge in [-0.05, 0) is 5.92 Å². The fourth-order valence-electron chi connectivity index (χ4n) is 1.56. The number of methoxy groups -OCH3 is 1. The molecule has 0 spiro atoms. The highest BCUT2D eigenvalue weighted by molar-refractivity contribution is 5.92. The van der Waals surface area contributed by atoms with Crippen LogP contribution in [-0.2, 0) is 16.1 Å². The van der Waals surface area contributed by atoms with Gasteiger partial charge in [-0.2, -0.15) is 5.10 Å². The van der Waals surface area contributed by atoms with Gasteiger partial charge in [0.25, 0.3) is 0 Å². The fourth-order valence-corrected chi connectivity index (χ4v) is 1.56. The third-order valence-corrected chi connectivity index (χ3v) is 2.63. The number of nitrogens with one attached hydrogen (secondary N) is 2. The molecular formula is C12H20N4O4. The topological polar surface area (TPSA) is 105 Å². The molecule has 0 fully saturated rings. The van der Waals surface area contributed by atoms with Gasteiger partial charge in [-0.25, -0.2) is 9.59 Å². The predicted octanol–water partition coefficient (Wildman–Crippen LogP) is 0.760. The largest absolute Gasteiger partial charge is 0.480 e. The molecule has 1 heterocycles. The van der Waals surface area contributed by atoms with Crippen LogP contribution < -0.4 is 10.6 Å². The number of aromatic nitrogens is 2. The smallest absolute Gasteiger partial charge is 0.326 e. The molecule has 1 aromatic rings. The number of hydrogen-bond acceptors (Lipinski definition) is 4. The van der Waals surface area contributed by atoms with Crippen LogP contribution in [-0.4, -0.2) is 46.6 Å². The van der Waals surface area contributed by atoms with E-state index in [1.54, 1.807) is 31.8 Å². The number of anilines is 1. The van der Waals surface area contributed by atoms with Crippen LogP contribution in [0.15, 0.2) is 12.4 Å². The summed E-state index contributed by atoms with van der Waals surface area (Å²) in [6.07, 6.45) is 3.13. The molecule has 1 atom stereocenters. The van der Waals surface area contributed by atoms with Crippen LogP contribution in [0.3, 0.4) is 0 Å². The van der Waals surface area contributed by atoms with E-state index in [2.05, 4.69) is 15.7 Å². The Morgan fingerprint density at radius 2 is 2.20 bits per heavy atom. The summed E-state index contributed by atoms with van der Waals surface area (Å²) >= 11 is 0. The monoisotopic (exact) mass is 284 g/mol. The Bertz CT molecular complexity index is 458. The number of amides is 2. The number of aliphatic carboxylic acids is 1. The molecule has 0 aromatic carbocycles. The second kappa shape index (κ2) is 7.49. The van der Waals surface area contributed by atoms with Crippen molar-refractivity contribution < 1.29 is 19.4 Å². The first kappa shape index (κ1) is 16.0. The van der Waals surface area contributed by atoms with Crippen molar-refractivity contribution in [3.63, 3.8) is 0 Å². The van der Waals surface area contributed by atoms with Crippen molar-refractivity contribution in [2.75, 3.05) is 19.0 Å². The third-order valence-electron chi connectivity index (χ3n) is 2.63. The highest BCUT2D eigenvalue weighted by Gasteiger charge is 2.23. The molecule has 0 saturated heterocycles. The molecule has 3 N–H and O–H groups in total. The summed E-state index contributed by atoms with van der Waals surface area (Å²) in [5.74, 6) is -1.27. The number of carboxylic acids is 1. The van der Waals surface area contributed by atoms with Gasteiger partial charge < -0.3 is 20.5 Å². The average molecular weight is 284 g/mol. The maximum absolute atomic E-state index is 11.7. The molecule has 0 saturated carbocycles. The molecule has 8 nitrogen and oxygen atoms in total. The zero-order valence-corrected chi connectivity index (χ0v) is 11.8. The molecule has 0 aliphatic rings. The van der Waals surface area contributed by atoms with Crippen LogP contribution in [0.5, 0.6) is 0 Å². The van der Waals surface area contributed by atoms with Crippen LogP contribution in [0, 0.1) is 5.92 Å². The van der Waals surface area contributed by atoms with Crippen LogP contribution >= 0.6 is 0 Å². The lowest BCUT2D eigenvalue weighted by Gasteiger charge is -2.17. The summed E-state index contributed by atoms with van der Waals surface area (Å²) < 4.78 is 6.54. The van der Waals surface area contributed by atoms with Gasteiger partial charge >= 0.3 is 12.0 Å². The molecule has 0 bridgehead atoms. The van der Waals surface area contributed by atoms with Crippen LogP contribution in [0.1, 0.15) is 13.8 Å². The minimum Gasteiger partial charge on any atom is -0.480 e. The van der Waals surface area contributed by atoms with E-state index in [9.17, 15) is 9.59 Å². The van der Waals surface area contributed by atoms with Crippen molar-refractivity contribution >= 4 is 17.7 Å². The van der Waals surface area contributed by atoms with Crippen molar-refractivity contribution in [1.82, 2.24) is 15.1 Å². The minimum absolute atomic E-state index is 0.206. The van der Waals surface area contributed by atoms with Crippen LogP contribution in [0.25, 0.3) is 0 Å². The van der Waals surface area contributed by atoms with Crippen molar-refractivity contribution in [3.05, 3.63) is 12.4 Å². The summed E-state index contributed by atoms with van der Waals surface area (Å²) in [4.78, 5) is 22.7. The molecule has 20 heavy (non-hydrogen) atoms. The van der Waals surface area contributed by atoms with Crippen molar-refractivity contribution in [3.8, 4) is 0 Å². The standard InChI is InChI=1S/C12H20N4O4/c1-8(2)10(11(17)18)15-12(19)14-9-6-13-16(7-9)4-5-20-3/h6-8,10H,4-5H2,1-3H3,(H,17,18)(H2,14,15,19)/t10-/m1/s1. The van der Waals surface area contributed by atoms with Crippen molar-refractivity contribution in [2.45, 2.75) is 26.4 Å². The summed E-state index contributed by atoms with van der Waals surface area (Å²) in [6, 6.07) is -1.50. The van der Waals surface area contributed by atoms with Gasteiger partial charge in [-0.3, -0.25) is 4.68 Å². The lowest BCUT2D eigenvalue weighted by molar-refractivity contribution is -0.140. The first-order valence-electron chi connectivity index (χ1n) is 6.25.